The van der Waals surface area contributed by atoms with E-state index in [1.54, 1.807) is 0 Å². The maximum absolute atomic E-state index is 3.18. The van der Waals surface area contributed by atoms with Gasteiger partial charge in [-0.05, 0) is 44.0 Å². The molecule has 2 aromatic rings. The molecule has 1 aromatic carbocycles. The average molecular weight is 225 g/mol. The number of allylic oxidation sites excluding steroid dienone is 1. The topological polar surface area (TPSA) is 4.93 Å². The van der Waals surface area contributed by atoms with Crippen molar-refractivity contribution in [3.63, 3.8) is 0 Å². The molecular weight excluding hydrogens is 206 g/mol. The molecule has 0 aliphatic carbocycles. The van der Waals surface area contributed by atoms with Gasteiger partial charge in [0.15, 0.2) is 0 Å². The Morgan fingerprint density at radius 3 is 2.76 bits per heavy atom. The Kier molecular flexibility index (Phi) is 3.21. The maximum atomic E-state index is 3.18. The third-order valence-electron chi connectivity index (χ3n) is 3.25. The first-order valence-corrected chi connectivity index (χ1v) is 6.14. The standard InChI is InChI=1S/C16H19N/c1-5-7-8-15-13(6-2)14-11-12(3)9-10-16(14)17(15)4/h5,8-11H,6H2,1-4H3. The van der Waals surface area contributed by atoms with Gasteiger partial charge >= 0.3 is 0 Å². The smallest absolute Gasteiger partial charge is 0.0525 e. The van der Waals surface area contributed by atoms with Crippen molar-refractivity contribution in [1.82, 2.24) is 4.57 Å². The van der Waals surface area contributed by atoms with Gasteiger partial charge in [-0.2, -0.15) is 0 Å². The summed E-state index contributed by atoms with van der Waals surface area (Å²) < 4.78 is 2.25. The fraction of sp³-hybridized carbons (Fsp3) is 0.312. The van der Waals surface area contributed by atoms with Crippen molar-refractivity contribution in [2.24, 2.45) is 7.05 Å². The molecule has 0 amide bonds. The van der Waals surface area contributed by atoms with Gasteiger partial charge in [-0.1, -0.05) is 18.6 Å². The summed E-state index contributed by atoms with van der Waals surface area (Å²) in [5.41, 5.74) is 8.49. The van der Waals surface area contributed by atoms with Gasteiger partial charge in [-0.15, -0.1) is 5.73 Å². The molecule has 0 N–H and O–H groups in total. The molecule has 0 saturated carbocycles. The summed E-state index contributed by atoms with van der Waals surface area (Å²) in [6.07, 6.45) is 5.08. The molecule has 0 spiro atoms. The zero-order valence-corrected chi connectivity index (χ0v) is 11.0. The molecule has 1 aromatic heterocycles. The second-order valence-electron chi connectivity index (χ2n) is 4.40. The molecule has 0 unspecified atom stereocenters. The molecule has 0 fully saturated rings. The Balaban J connectivity index is 2.83. The lowest BCUT2D eigenvalue weighted by Gasteiger charge is -1.99. The summed E-state index contributed by atoms with van der Waals surface area (Å²) in [4.78, 5) is 0. The molecule has 1 heteroatoms. The molecule has 0 atom stereocenters. The monoisotopic (exact) mass is 225 g/mol. The van der Waals surface area contributed by atoms with Crippen LogP contribution in [0.15, 0.2) is 30.0 Å². The van der Waals surface area contributed by atoms with Crippen molar-refractivity contribution >= 4 is 17.0 Å². The van der Waals surface area contributed by atoms with E-state index in [1.165, 1.54) is 27.7 Å². The van der Waals surface area contributed by atoms with E-state index in [9.17, 15) is 0 Å². The van der Waals surface area contributed by atoms with E-state index in [4.69, 9.17) is 0 Å². The van der Waals surface area contributed by atoms with Crippen LogP contribution < -0.4 is 0 Å². The number of benzene rings is 1. The number of aryl methyl sites for hydroxylation is 3. The Morgan fingerprint density at radius 1 is 1.35 bits per heavy atom. The van der Waals surface area contributed by atoms with Crippen LogP contribution in [0.2, 0.25) is 0 Å². The second kappa shape index (κ2) is 4.65. The van der Waals surface area contributed by atoms with Crippen LogP contribution >= 0.6 is 0 Å². The highest BCUT2D eigenvalue weighted by atomic mass is 14.9. The lowest BCUT2D eigenvalue weighted by molar-refractivity contribution is 0.938. The number of aromatic nitrogens is 1. The van der Waals surface area contributed by atoms with E-state index in [0.29, 0.717) is 0 Å². The molecule has 1 heterocycles. The van der Waals surface area contributed by atoms with Crippen molar-refractivity contribution in [3.05, 3.63) is 46.8 Å². The highest BCUT2D eigenvalue weighted by Crippen LogP contribution is 2.27. The van der Waals surface area contributed by atoms with Crippen LogP contribution in [0.5, 0.6) is 0 Å². The van der Waals surface area contributed by atoms with Crippen molar-refractivity contribution in [3.8, 4) is 0 Å². The van der Waals surface area contributed by atoms with Crippen LogP contribution in [-0.2, 0) is 13.5 Å². The van der Waals surface area contributed by atoms with E-state index in [1.807, 2.05) is 13.0 Å². The lowest BCUT2D eigenvalue weighted by Crippen LogP contribution is -1.91. The summed E-state index contributed by atoms with van der Waals surface area (Å²) in [6.45, 7) is 6.35. The van der Waals surface area contributed by atoms with E-state index >= 15 is 0 Å². The molecular formula is C16H19N. The molecule has 0 aliphatic heterocycles. The molecule has 17 heavy (non-hydrogen) atoms. The first-order chi connectivity index (χ1) is 8.19. The first-order valence-electron chi connectivity index (χ1n) is 6.14. The zero-order valence-electron chi connectivity index (χ0n) is 11.0. The highest BCUT2D eigenvalue weighted by Gasteiger charge is 2.11. The SMILES string of the molecule is CC=C=Cc1c(CC)c2cc(C)ccc2n1C. The van der Waals surface area contributed by atoms with Gasteiger partial charge in [0.2, 0.25) is 0 Å². The van der Waals surface area contributed by atoms with Crippen LogP contribution in [0.25, 0.3) is 17.0 Å². The highest BCUT2D eigenvalue weighted by molar-refractivity contribution is 5.88. The van der Waals surface area contributed by atoms with Gasteiger partial charge in [0.05, 0.1) is 5.69 Å². The summed E-state index contributed by atoms with van der Waals surface area (Å²) in [6, 6.07) is 6.66. The average Bonchev–Trinajstić information content (AvgIpc) is 2.58. The van der Waals surface area contributed by atoms with Gasteiger partial charge in [-0.3, -0.25) is 0 Å². The zero-order chi connectivity index (χ0) is 12.4. The summed E-state index contributed by atoms with van der Waals surface area (Å²) in [7, 11) is 2.12. The van der Waals surface area contributed by atoms with Crippen LogP contribution in [0.4, 0.5) is 0 Å². The van der Waals surface area contributed by atoms with E-state index in [0.717, 1.165) is 6.42 Å². The second-order valence-corrected chi connectivity index (χ2v) is 4.40. The molecule has 88 valence electrons. The summed E-state index contributed by atoms with van der Waals surface area (Å²) in [5.74, 6) is 0. The number of hydrogen-bond acceptors (Lipinski definition) is 0. The third-order valence-corrected chi connectivity index (χ3v) is 3.25. The summed E-state index contributed by atoms with van der Waals surface area (Å²) in [5, 5.41) is 1.37. The number of hydrogen-bond donors (Lipinski definition) is 0. The van der Waals surface area contributed by atoms with Crippen molar-refractivity contribution in [2.75, 3.05) is 0 Å². The number of nitrogens with zero attached hydrogens (tertiary/aromatic N) is 1. The fourth-order valence-electron chi connectivity index (χ4n) is 2.37. The summed E-state index contributed by atoms with van der Waals surface area (Å²) >= 11 is 0. The first kappa shape index (κ1) is 11.8. The van der Waals surface area contributed by atoms with E-state index in [-0.39, 0.29) is 0 Å². The van der Waals surface area contributed by atoms with Gasteiger partial charge in [-0.25, -0.2) is 0 Å². The van der Waals surface area contributed by atoms with Gasteiger partial charge in [0.1, 0.15) is 0 Å². The fourth-order valence-corrected chi connectivity index (χ4v) is 2.37. The Hall–Kier alpha value is -1.72. The van der Waals surface area contributed by atoms with Crippen LogP contribution in [0, 0.1) is 6.92 Å². The maximum Gasteiger partial charge on any atom is 0.0525 e. The number of rotatable bonds is 2. The lowest BCUT2D eigenvalue weighted by atomic mass is 10.1. The number of fused-ring (bicyclic) bond motifs is 1. The quantitative estimate of drug-likeness (QED) is 0.674. The van der Waals surface area contributed by atoms with E-state index < -0.39 is 0 Å². The minimum absolute atomic E-state index is 1.05. The molecule has 0 saturated heterocycles. The third kappa shape index (κ3) is 1.94. The van der Waals surface area contributed by atoms with Gasteiger partial charge < -0.3 is 4.57 Å². The molecule has 2 rings (SSSR count). The Labute approximate surface area is 103 Å². The van der Waals surface area contributed by atoms with Crippen molar-refractivity contribution < 1.29 is 0 Å². The van der Waals surface area contributed by atoms with E-state index in [2.05, 4.69) is 55.5 Å². The molecule has 0 radical (unpaired) electrons. The van der Waals surface area contributed by atoms with Gasteiger partial charge in [0, 0.05) is 24.0 Å². The normalized spacial score (nSPS) is 10.4. The largest absolute Gasteiger partial charge is 0.343 e. The van der Waals surface area contributed by atoms with Crippen LogP contribution in [0.1, 0.15) is 30.7 Å². The van der Waals surface area contributed by atoms with Crippen molar-refractivity contribution in [1.29, 1.82) is 0 Å². The Bertz CT molecular complexity index is 608. The molecule has 1 nitrogen and oxygen atoms in total. The van der Waals surface area contributed by atoms with Crippen molar-refractivity contribution in [2.45, 2.75) is 27.2 Å². The molecule has 0 aliphatic rings. The predicted octanol–water partition coefficient (Wildman–Crippen LogP) is 4.24. The van der Waals surface area contributed by atoms with Crippen LogP contribution in [-0.4, -0.2) is 4.57 Å². The Morgan fingerprint density at radius 2 is 2.12 bits per heavy atom. The minimum atomic E-state index is 1.05. The van der Waals surface area contributed by atoms with Crippen LogP contribution in [0.3, 0.4) is 0 Å². The van der Waals surface area contributed by atoms with Gasteiger partial charge in [0.25, 0.3) is 0 Å². The molecule has 0 bridgehead atoms. The predicted molar refractivity (Wildman–Crippen MR) is 75.3 cm³/mol. The minimum Gasteiger partial charge on any atom is -0.343 e.